The Morgan fingerprint density at radius 2 is 1.94 bits per heavy atom. The van der Waals surface area contributed by atoms with Gasteiger partial charge in [0.1, 0.15) is 4.90 Å². The molecule has 4 aromatic rings. The summed E-state index contributed by atoms with van der Waals surface area (Å²) in [6, 6.07) is 10.4. The van der Waals surface area contributed by atoms with Crippen LogP contribution in [0.25, 0.3) is 10.9 Å². The van der Waals surface area contributed by atoms with Gasteiger partial charge in [-0.1, -0.05) is 6.07 Å². The van der Waals surface area contributed by atoms with Crippen LogP contribution in [0.5, 0.6) is 5.75 Å². The minimum atomic E-state index is -3.92. The number of nitrogens with zero attached hydrogens (tertiary/aromatic N) is 2. The lowest BCUT2D eigenvalue weighted by atomic mass is 10.1. The number of fused-ring (bicyclic) bond motifs is 1. The summed E-state index contributed by atoms with van der Waals surface area (Å²) in [4.78, 5) is 3.95. The summed E-state index contributed by atoms with van der Waals surface area (Å²) in [5.74, 6) is -2.21. The SMILES string of the molecule is CNCc1cn(S(=O)(=O)c2cccnc2)c2cc(Nc3ccc(F)c(OC)c3F)ccc12.Cl. The van der Waals surface area contributed by atoms with Gasteiger partial charge in [-0.2, -0.15) is 0 Å². The number of nitrogens with one attached hydrogen (secondary N) is 2. The zero-order valence-electron chi connectivity index (χ0n) is 17.7. The Balaban J connectivity index is 0.00000306. The first-order chi connectivity index (χ1) is 15.4. The lowest BCUT2D eigenvalue weighted by Gasteiger charge is -2.12. The third-order valence-corrected chi connectivity index (χ3v) is 6.60. The van der Waals surface area contributed by atoms with Crippen LogP contribution in [0.4, 0.5) is 20.2 Å². The van der Waals surface area contributed by atoms with E-state index in [-0.39, 0.29) is 23.0 Å². The van der Waals surface area contributed by atoms with Crippen molar-refractivity contribution in [3.8, 4) is 5.75 Å². The maximum Gasteiger partial charge on any atom is 0.269 e. The zero-order valence-corrected chi connectivity index (χ0v) is 19.3. The van der Waals surface area contributed by atoms with Gasteiger partial charge in [0.15, 0.2) is 17.4 Å². The van der Waals surface area contributed by atoms with Gasteiger partial charge < -0.3 is 15.4 Å². The number of anilines is 2. The Kier molecular flexibility index (Phi) is 7.21. The molecule has 0 aliphatic carbocycles. The summed E-state index contributed by atoms with van der Waals surface area (Å²) >= 11 is 0. The van der Waals surface area contributed by atoms with Crippen molar-refractivity contribution in [3.63, 3.8) is 0 Å². The van der Waals surface area contributed by atoms with Crippen LogP contribution in [-0.2, 0) is 16.6 Å². The zero-order chi connectivity index (χ0) is 22.9. The monoisotopic (exact) mass is 494 g/mol. The van der Waals surface area contributed by atoms with Crippen molar-refractivity contribution in [2.75, 3.05) is 19.5 Å². The molecule has 2 aromatic heterocycles. The van der Waals surface area contributed by atoms with Crippen LogP contribution in [0.1, 0.15) is 5.56 Å². The molecule has 0 atom stereocenters. The molecule has 4 rings (SSSR count). The van der Waals surface area contributed by atoms with Crippen molar-refractivity contribution < 1.29 is 21.9 Å². The first-order valence-electron chi connectivity index (χ1n) is 9.60. The Bertz CT molecular complexity index is 1400. The summed E-state index contributed by atoms with van der Waals surface area (Å²) in [6.45, 7) is 0.447. The molecule has 7 nitrogen and oxygen atoms in total. The van der Waals surface area contributed by atoms with Crippen LogP contribution >= 0.6 is 12.4 Å². The minimum Gasteiger partial charge on any atom is -0.491 e. The smallest absolute Gasteiger partial charge is 0.269 e. The quantitative estimate of drug-likeness (QED) is 0.395. The standard InChI is InChI=1S/C22H20F2N4O3S.ClH/c1-25-11-14-13-28(32(29,30)16-4-3-9-26-12-16)20-10-15(5-6-17(14)20)27-19-8-7-18(23)22(31-2)21(19)24;/h3-10,12-13,25,27H,11H2,1-2H3;1H. The summed E-state index contributed by atoms with van der Waals surface area (Å²) in [6.07, 6.45) is 4.32. The van der Waals surface area contributed by atoms with Gasteiger partial charge in [-0.05, 0) is 49.0 Å². The van der Waals surface area contributed by atoms with Gasteiger partial charge in [0.25, 0.3) is 10.0 Å². The highest BCUT2D eigenvalue weighted by atomic mass is 35.5. The second kappa shape index (κ2) is 9.74. The van der Waals surface area contributed by atoms with E-state index in [1.54, 1.807) is 37.5 Å². The van der Waals surface area contributed by atoms with Crippen molar-refractivity contribution in [2.24, 2.45) is 0 Å². The number of methoxy groups -OCH3 is 1. The number of ether oxygens (including phenoxy) is 1. The molecule has 0 unspecified atom stereocenters. The van der Waals surface area contributed by atoms with Gasteiger partial charge in [-0.25, -0.2) is 21.2 Å². The fourth-order valence-corrected chi connectivity index (χ4v) is 4.81. The highest BCUT2D eigenvalue weighted by Gasteiger charge is 2.22. The Hall–Kier alpha value is -3.21. The molecule has 2 N–H and O–H groups in total. The number of halogens is 3. The molecule has 2 aromatic carbocycles. The Labute approximate surface area is 195 Å². The Morgan fingerprint density at radius 3 is 2.61 bits per heavy atom. The minimum absolute atomic E-state index is 0. The van der Waals surface area contributed by atoms with Gasteiger partial charge in [-0.3, -0.25) is 4.98 Å². The van der Waals surface area contributed by atoms with Gasteiger partial charge in [0.2, 0.25) is 0 Å². The molecule has 0 aliphatic heterocycles. The summed E-state index contributed by atoms with van der Waals surface area (Å²) < 4.78 is 60.8. The molecule has 0 saturated heterocycles. The molecule has 0 radical (unpaired) electrons. The average Bonchev–Trinajstić information content (AvgIpc) is 3.15. The van der Waals surface area contributed by atoms with Crippen LogP contribution in [0.3, 0.4) is 0 Å². The van der Waals surface area contributed by atoms with Gasteiger partial charge in [0, 0.05) is 36.2 Å². The lowest BCUT2D eigenvalue weighted by Crippen LogP contribution is -2.12. The first kappa shape index (κ1) is 24.4. The van der Waals surface area contributed by atoms with Gasteiger partial charge in [-0.15, -0.1) is 12.4 Å². The fourth-order valence-electron chi connectivity index (χ4n) is 3.46. The fraction of sp³-hybridized carbons (Fsp3) is 0.136. The molecule has 0 spiro atoms. The molecule has 2 heterocycles. The molecular weight excluding hydrogens is 474 g/mol. The highest BCUT2D eigenvalue weighted by Crippen LogP contribution is 2.32. The van der Waals surface area contributed by atoms with E-state index in [2.05, 4.69) is 15.6 Å². The van der Waals surface area contributed by atoms with E-state index >= 15 is 0 Å². The molecule has 33 heavy (non-hydrogen) atoms. The van der Waals surface area contributed by atoms with E-state index < -0.39 is 27.4 Å². The van der Waals surface area contributed by atoms with E-state index in [1.807, 2.05) is 0 Å². The summed E-state index contributed by atoms with van der Waals surface area (Å²) in [7, 11) is -0.981. The maximum absolute atomic E-state index is 14.6. The third-order valence-electron chi connectivity index (χ3n) is 4.94. The molecule has 0 saturated carbocycles. The molecule has 0 bridgehead atoms. The number of rotatable bonds is 7. The normalized spacial score (nSPS) is 11.3. The highest BCUT2D eigenvalue weighted by molar-refractivity contribution is 7.90. The molecule has 0 aliphatic rings. The van der Waals surface area contributed by atoms with Crippen LogP contribution in [-0.4, -0.2) is 31.5 Å². The second-order valence-corrected chi connectivity index (χ2v) is 8.79. The molecule has 11 heteroatoms. The summed E-state index contributed by atoms with van der Waals surface area (Å²) in [5.41, 5.74) is 1.59. The van der Waals surface area contributed by atoms with Crippen molar-refractivity contribution >= 4 is 44.7 Å². The van der Waals surface area contributed by atoms with E-state index in [9.17, 15) is 17.2 Å². The van der Waals surface area contributed by atoms with Crippen LogP contribution in [0.15, 0.2) is 66.0 Å². The van der Waals surface area contributed by atoms with Crippen LogP contribution < -0.4 is 15.4 Å². The number of hydrogen-bond acceptors (Lipinski definition) is 6. The molecule has 174 valence electrons. The number of pyridine rings is 1. The van der Waals surface area contributed by atoms with Crippen molar-refractivity contribution in [1.29, 1.82) is 0 Å². The van der Waals surface area contributed by atoms with E-state index in [0.29, 0.717) is 17.7 Å². The van der Waals surface area contributed by atoms with Crippen LogP contribution in [0.2, 0.25) is 0 Å². The maximum atomic E-state index is 14.6. The largest absolute Gasteiger partial charge is 0.491 e. The number of benzene rings is 2. The predicted octanol–water partition coefficient (Wildman–Crippen LogP) is 4.44. The number of aromatic nitrogens is 2. The third kappa shape index (κ3) is 4.50. The van der Waals surface area contributed by atoms with E-state index in [0.717, 1.165) is 17.0 Å². The predicted molar refractivity (Wildman–Crippen MR) is 125 cm³/mol. The van der Waals surface area contributed by atoms with Gasteiger partial charge >= 0.3 is 0 Å². The first-order valence-corrected chi connectivity index (χ1v) is 11.0. The summed E-state index contributed by atoms with van der Waals surface area (Å²) in [5, 5.41) is 6.61. The van der Waals surface area contributed by atoms with E-state index in [4.69, 9.17) is 4.74 Å². The average molecular weight is 495 g/mol. The number of hydrogen-bond donors (Lipinski definition) is 2. The molecular formula is C22H21ClF2N4O3S. The van der Waals surface area contributed by atoms with Crippen molar-refractivity contribution in [1.82, 2.24) is 14.3 Å². The molecule has 0 fully saturated rings. The Morgan fingerprint density at radius 1 is 1.15 bits per heavy atom. The lowest BCUT2D eigenvalue weighted by molar-refractivity contribution is 0.361. The van der Waals surface area contributed by atoms with Crippen molar-refractivity contribution in [3.05, 3.63) is 78.3 Å². The van der Waals surface area contributed by atoms with Gasteiger partial charge in [0.05, 0.1) is 18.3 Å². The molecule has 0 amide bonds. The van der Waals surface area contributed by atoms with Crippen molar-refractivity contribution in [2.45, 2.75) is 11.4 Å². The van der Waals surface area contributed by atoms with E-state index in [1.165, 1.54) is 35.6 Å². The van der Waals surface area contributed by atoms with Crippen LogP contribution in [0, 0.1) is 11.6 Å². The topological polar surface area (TPSA) is 85.2 Å². The second-order valence-electron chi connectivity index (χ2n) is 6.97.